The van der Waals surface area contributed by atoms with Gasteiger partial charge in [-0.05, 0) is 31.0 Å². The minimum Gasteiger partial charge on any atom is -0.508 e. The predicted octanol–water partition coefficient (Wildman–Crippen LogP) is 5.64. The number of carbonyl (C=O) groups is 1. The number of phenolic OH excluding ortho intramolecular Hbond substituents is 2. The Kier molecular flexibility index (Phi) is 7.49. The summed E-state index contributed by atoms with van der Waals surface area (Å²) in [7, 11) is 3.49. The van der Waals surface area contributed by atoms with E-state index in [-0.39, 0.29) is 35.3 Å². The summed E-state index contributed by atoms with van der Waals surface area (Å²) in [6, 6.07) is 6.61. The lowest BCUT2D eigenvalue weighted by atomic mass is 10.0. The molecule has 10 nitrogen and oxygen atoms in total. The summed E-state index contributed by atoms with van der Waals surface area (Å²) >= 11 is 3.13. The second-order valence-electron chi connectivity index (χ2n) is 11.6. The molecule has 12 heteroatoms. The van der Waals surface area contributed by atoms with Gasteiger partial charge in [0.05, 0.1) is 0 Å². The number of carbonyl (C=O) groups excluding carboxylic acids is 1. The van der Waals surface area contributed by atoms with Gasteiger partial charge >= 0.3 is 0 Å². The summed E-state index contributed by atoms with van der Waals surface area (Å²) in [6.45, 7) is 1.59. The molecule has 5 aromatic rings. The number of rotatable bonds is 6. The van der Waals surface area contributed by atoms with Gasteiger partial charge in [-0.2, -0.15) is 11.8 Å². The number of aromatic nitrogens is 3. The van der Waals surface area contributed by atoms with E-state index in [4.69, 9.17) is 9.40 Å². The largest absolute Gasteiger partial charge is 0.508 e. The number of fused-ring (bicyclic) bond motifs is 2. The fourth-order valence-corrected chi connectivity index (χ4v) is 8.06. The van der Waals surface area contributed by atoms with Crippen molar-refractivity contribution in [3.8, 4) is 22.6 Å². The van der Waals surface area contributed by atoms with Crippen LogP contribution in [-0.4, -0.2) is 74.2 Å². The molecule has 1 aromatic carbocycles. The Morgan fingerprint density at radius 2 is 1.84 bits per heavy atom. The van der Waals surface area contributed by atoms with Gasteiger partial charge in [0.2, 0.25) is 5.43 Å². The Morgan fingerprint density at radius 1 is 1.07 bits per heavy atom. The van der Waals surface area contributed by atoms with E-state index in [0.717, 1.165) is 55.7 Å². The molecule has 44 heavy (non-hydrogen) atoms. The number of benzene rings is 1. The van der Waals surface area contributed by atoms with Crippen molar-refractivity contribution in [1.29, 1.82) is 0 Å². The van der Waals surface area contributed by atoms with Crippen molar-refractivity contribution in [2.45, 2.75) is 38.1 Å². The first kappa shape index (κ1) is 28.7. The molecule has 1 aliphatic heterocycles. The van der Waals surface area contributed by atoms with Gasteiger partial charge in [0, 0.05) is 90.9 Å². The highest BCUT2D eigenvalue weighted by molar-refractivity contribution is 7.99. The van der Waals surface area contributed by atoms with E-state index >= 15 is 0 Å². The Morgan fingerprint density at radius 3 is 2.59 bits per heavy atom. The van der Waals surface area contributed by atoms with Crippen molar-refractivity contribution in [2.75, 3.05) is 43.6 Å². The molecular formula is C32H33N5O5S2. The number of hydrogen-bond donors (Lipinski definition) is 2. The molecule has 1 amide bonds. The topological polar surface area (TPSA) is 125 Å². The zero-order valence-corrected chi connectivity index (χ0v) is 26.2. The molecule has 0 spiro atoms. The molecule has 0 radical (unpaired) electrons. The van der Waals surface area contributed by atoms with Crippen LogP contribution in [0.3, 0.4) is 0 Å². The third-order valence-corrected chi connectivity index (χ3v) is 10.4. The van der Waals surface area contributed by atoms with Crippen LogP contribution < -0.4 is 10.3 Å². The summed E-state index contributed by atoms with van der Waals surface area (Å²) in [4.78, 5) is 39.0. The molecule has 2 aliphatic rings. The minimum atomic E-state index is -0.124. The summed E-state index contributed by atoms with van der Waals surface area (Å²) in [5.74, 6) is 2.77. The molecule has 4 aromatic heterocycles. The Hall–Kier alpha value is -4.03. The first-order valence-corrected chi connectivity index (χ1v) is 16.8. The standard InChI is InChI=1S/C32H33N5O5S2/c1-35(2)32(41)23-11-19-16-33-27(34-31(19)37(23)20-5-3-4-6-20)13-18-12-25(39)21(14-24(18)38)22-17-44-30-26(40)15-28(42-29(22)30)36-7-9-43-10-8-36/h11-12,14-17,20,38-39H,3-10,13H2,1-2H3. The Balaban J connectivity index is 1.24. The van der Waals surface area contributed by atoms with Gasteiger partial charge in [-0.25, -0.2) is 9.97 Å². The van der Waals surface area contributed by atoms with Crippen molar-refractivity contribution in [2.24, 2.45) is 0 Å². The van der Waals surface area contributed by atoms with Crippen LogP contribution in [0, 0.1) is 0 Å². The molecule has 228 valence electrons. The van der Waals surface area contributed by atoms with E-state index in [9.17, 15) is 19.8 Å². The summed E-state index contributed by atoms with van der Waals surface area (Å²) in [6.07, 6.45) is 6.10. The number of nitrogens with zero attached hydrogens (tertiary/aromatic N) is 5. The number of anilines is 1. The fourth-order valence-electron chi connectivity index (χ4n) is 6.26. The fraction of sp³-hybridized carbons (Fsp3) is 0.375. The first-order chi connectivity index (χ1) is 21.3. The summed E-state index contributed by atoms with van der Waals surface area (Å²) < 4.78 is 8.77. The number of amides is 1. The van der Waals surface area contributed by atoms with E-state index in [1.165, 1.54) is 23.5 Å². The van der Waals surface area contributed by atoms with Gasteiger partial charge in [0.15, 0.2) is 11.5 Å². The van der Waals surface area contributed by atoms with Gasteiger partial charge in [-0.3, -0.25) is 9.59 Å². The van der Waals surface area contributed by atoms with Gasteiger partial charge in [-0.1, -0.05) is 12.8 Å². The van der Waals surface area contributed by atoms with Crippen molar-refractivity contribution in [3.05, 3.63) is 63.1 Å². The zero-order valence-electron chi connectivity index (χ0n) is 24.6. The summed E-state index contributed by atoms with van der Waals surface area (Å²) in [5, 5.41) is 24.9. The van der Waals surface area contributed by atoms with Crippen LogP contribution in [0.5, 0.6) is 11.5 Å². The maximum Gasteiger partial charge on any atom is 0.270 e. The molecule has 1 saturated carbocycles. The average molecular weight is 632 g/mol. The highest BCUT2D eigenvalue weighted by atomic mass is 32.2. The molecule has 1 aliphatic carbocycles. The highest BCUT2D eigenvalue weighted by Gasteiger charge is 2.27. The van der Waals surface area contributed by atoms with Gasteiger partial charge < -0.3 is 29.0 Å². The SMILES string of the molecule is CN(C)C(=O)c1cc2cnc(Cc3cc(O)c(-c4csc5c(=O)cc(N6CCSCC6)oc45)cc3O)nc2n1C1CCCC1. The second kappa shape index (κ2) is 11.5. The van der Waals surface area contributed by atoms with Crippen molar-refractivity contribution in [1.82, 2.24) is 19.4 Å². The lowest BCUT2D eigenvalue weighted by molar-refractivity contribution is 0.0815. The molecule has 0 atom stereocenters. The molecule has 7 rings (SSSR count). The van der Waals surface area contributed by atoms with Crippen molar-refractivity contribution < 1.29 is 19.4 Å². The monoisotopic (exact) mass is 631 g/mol. The number of thiophene rings is 1. The Labute approximate surface area is 261 Å². The number of phenols is 2. The van der Waals surface area contributed by atoms with Crippen LogP contribution in [-0.2, 0) is 6.42 Å². The molecule has 2 N–H and O–H groups in total. The van der Waals surface area contributed by atoms with Gasteiger partial charge in [-0.15, -0.1) is 11.3 Å². The molecule has 0 bridgehead atoms. The zero-order chi connectivity index (χ0) is 30.5. The molecule has 5 heterocycles. The smallest absolute Gasteiger partial charge is 0.270 e. The van der Waals surface area contributed by atoms with E-state index in [2.05, 4.69) is 14.5 Å². The first-order valence-electron chi connectivity index (χ1n) is 14.8. The molecule has 2 fully saturated rings. The maximum atomic E-state index is 13.0. The lowest BCUT2D eigenvalue weighted by Gasteiger charge is -2.26. The Bertz CT molecular complexity index is 1950. The molecule has 0 unspecified atom stereocenters. The molecule has 1 saturated heterocycles. The van der Waals surface area contributed by atoms with E-state index in [1.807, 2.05) is 17.8 Å². The quantitative estimate of drug-likeness (QED) is 0.229. The van der Waals surface area contributed by atoms with E-state index in [1.54, 1.807) is 36.6 Å². The van der Waals surface area contributed by atoms with Crippen LogP contribution in [0.1, 0.15) is 53.6 Å². The number of hydrogen-bond acceptors (Lipinski definition) is 10. The molecular weight excluding hydrogens is 599 g/mol. The average Bonchev–Trinajstić information content (AvgIpc) is 3.77. The van der Waals surface area contributed by atoms with Crippen LogP contribution in [0.4, 0.5) is 5.88 Å². The number of aromatic hydroxyl groups is 2. The second-order valence-corrected chi connectivity index (χ2v) is 13.7. The van der Waals surface area contributed by atoms with E-state index < -0.39 is 0 Å². The predicted molar refractivity (Wildman–Crippen MR) is 175 cm³/mol. The third-order valence-electron chi connectivity index (χ3n) is 8.53. The lowest BCUT2D eigenvalue weighted by Crippen LogP contribution is -2.32. The van der Waals surface area contributed by atoms with Crippen LogP contribution in [0.2, 0.25) is 0 Å². The number of thioether (sulfide) groups is 1. The van der Waals surface area contributed by atoms with Crippen molar-refractivity contribution >= 4 is 56.2 Å². The normalized spacial score (nSPS) is 15.9. The summed E-state index contributed by atoms with van der Waals surface area (Å²) in [5.41, 5.74) is 2.98. The van der Waals surface area contributed by atoms with Crippen molar-refractivity contribution in [3.63, 3.8) is 0 Å². The minimum absolute atomic E-state index is 0.0259. The van der Waals surface area contributed by atoms with Gasteiger partial charge in [0.25, 0.3) is 5.91 Å². The van der Waals surface area contributed by atoms with E-state index in [0.29, 0.717) is 50.0 Å². The highest BCUT2D eigenvalue weighted by Crippen LogP contribution is 2.42. The van der Waals surface area contributed by atoms with Crippen LogP contribution >= 0.6 is 23.1 Å². The maximum absolute atomic E-state index is 13.0. The van der Waals surface area contributed by atoms with Crippen LogP contribution in [0.15, 0.2) is 45.1 Å². The van der Waals surface area contributed by atoms with Gasteiger partial charge in [0.1, 0.15) is 33.4 Å². The van der Waals surface area contributed by atoms with Crippen LogP contribution in [0.25, 0.3) is 32.4 Å². The third kappa shape index (κ3) is 5.09.